The lowest BCUT2D eigenvalue weighted by Crippen LogP contribution is -2.61. The van der Waals surface area contributed by atoms with Gasteiger partial charge >= 0.3 is 11.9 Å². The number of methoxy groups -OCH3 is 3. The molecule has 4 aliphatic rings. The number of hydrogen-bond acceptors (Lipinski definition) is 17. The zero-order valence-electron chi connectivity index (χ0n) is 47.3. The molecule has 0 aromatic carbocycles. The van der Waals surface area contributed by atoms with E-state index >= 15 is 0 Å². The van der Waals surface area contributed by atoms with Crippen molar-refractivity contribution in [1.82, 2.24) is 4.90 Å². The number of ether oxygens (including phenoxy) is 6. The van der Waals surface area contributed by atoms with Gasteiger partial charge in [0, 0.05) is 52.6 Å². The van der Waals surface area contributed by atoms with Crippen LogP contribution in [0.4, 0.5) is 0 Å². The van der Waals surface area contributed by atoms with Crippen LogP contribution in [0.2, 0.25) is 0 Å². The smallest absolute Gasteiger partial charge is 0.329 e. The summed E-state index contributed by atoms with van der Waals surface area (Å²) in [5.74, 6) is -10.2. The average molecular weight is 1110 g/mol. The standard InChI is InChI=1S/C58H91NO17S/c1-35-17-13-12-14-18-36(2)49(71-9)31-45-22-20-41(7)58(68,76-45)55(65)56(66)59-25-16-15-19-46(59)57(67)75-50(32-47(62)38(4)28-40(6)53(64)54(73-11)42(8)37(3)27-35)39(5)29-43-21-23-48(51(30-43)72-10)74-52(63)34-77(69,70)26-24-44(61)33-60/h12-14,17-18,28,35,37-39,41,43-46,48-51,53-54,60-61,64,68H,8,15-16,19-27,29-34H2,1-7,9-11H3/b14-12+,17-13+,36-18+,40-28+/t35-,37-,38-,39-,41-,43+,44?,45+,46+,48-,49+,50+,51-,53-,54+,58-/m1/s1. The number of aliphatic hydroxyl groups is 4. The van der Waals surface area contributed by atoms with Crippen LogP contribution in [-0.4, -0.2) is 170 Å². The number of hydrogen-bond donors (Lipinski definition) is 4. The number of allylic oxidation sites excluding steroid dienone is 6. The Morgan fingerprint density at radius 2 is 1.62 bits per heavy atom. The third-order valence-corrected chi connectivity index (χ3v) is 17.8. The van der Waals surface area contributed by atoms with Gasteiger partial charge < -0.3 is 53.7 Å². The lowest BCUT2D eigenvalue weighted by molar-refractivity contribution is -0.265. The summed E-state index contributed by atoms with van der Waals surface area (Å²) >= 11 is 0. The molecule has 1 aliphatic carbocycles. The number of carbonyl (C=O) groups is 5. The molecular weight excluding hydrogens is 1010 g/mol. The Morgan fingerprint density at radius 1 is 0.909 bits per heavy atom. The van der Waals surface area contributed by atoms with Crippen LogP contribution in [0, 0.1) is 35.5 Å². The minimum Gasteiger partial charge on any atom is -0.460 e. The predicted molar refractivity (Wildman–Crippen MR) is 290 cm³/mol. The maximum Gasteiger partial charge on any atom is 0.329 e. The van der Waals surface area contributed by atoms with E-state index in [9.17, 15) is 47.7 Å². The molecule has 436 valence electrons. The maximum absolute atomic E-state index is 14.6. The number of aliphatic hydroxyl groups excluding tert-OH is 3. The first-order valence-electron chi connectivity index (χ1n) is 27.6. The van der Waals surface area contributed by atoms with Gasteiger partial charge in [0.1, 0.15) is 42.0 Å². The van der Waals surface area contributed by atoms with E-state index < -0.39 is 130 Å². The first-order valence-corrected chi connectivity index (χ1v) is 29.4. The Morgan fingerprint density at radius 3 is 2.29 bits per heavy atom. The first-order chi connectivity index (χ1) is 36.3. The molecule has 0 aromatic heterocycles. The number of cyclic esters (lactones) is 1. The number of esters is 2. The van der Waals surface area contributed by atoms with Crippen molar-refractivity contribution in [2.24, 2.45) is 35.5 Å². The minimum atomic E-state index is -3.94. The van der Waals surface area contributed by atoms with Gasteiger partial charge in [-0.1, -0.05) is 77.7 Å². The van der Waals surface area contributed by atoms with Gasteiger partial charge in [-0.25, -0.2) is 13.2 Å². The van der Waals surface area contributed by atoms with E-state index in [0.717, 1.165) is 16.9 Å². The Bertz CT molecular complexity index is 2240. The quantitative estimate of drug-likeness (QED) is 0.0954. The molecule has 3 aliphatic heterocycles. The summed E-state index contributed by atoms with van der Waals surface area (Å²) in [6.07, 6.45) is 9.13. The summed E-state index contributed by atoms with van der Waals surface area (Å²) in [7, 11) is 0.603. The largest absolute Gasteiger partial charge is 0.460 e. The Balaban J connectivity index is 1.66. The molecule has 1 unspecified atom stereocenters. The number of Topliss-reactive ketones (excluding diaryl/α,β-unsaturated/α-hetero) is 2. The van der Waals surface area contributed by atoms with Crippen molar-refractivity contribution in [3.05, 3.63) is 59.8 Å². The van der Waals surface area contributed by atoms with Crippen LogP contribution in [0.5, 0.6) is 0 Å². The van der Waals surface area contributed by atoms with E-state index in [1.165, 1.54) is 14.2 Å². The van der Waals surface area contributed by atoms with Gasteiger partial charge in [0.25, 0.3) is 11.7 Å². The minimum absolute atomic E-state index is 0.0385. The molecule has 4 N–H and O–H groups in total. The molecule has 0 aromatic rings. The highest BCUT2D eigenvalue weighted by Crippen LogP contribution is 2.38. The van der Waals surface area contributed by atoms with Gasteiger partial charge in [-0.3, -0.25) is 19.2 Å². The van der Waals surface area contributed by atoms with Crippen LogP contribution in [0.25, 0.3) is 0 Å². The second kappa shape index (κ2) is 30.6. The van der Waals surface area contributed by atoms with Crippen molar-refractivity contribution in [3.8, 4) is 0 Å². The summed E-state index contributed by atoms with van der Waals surface area (Å²) < 4.78 is 60.7. The molecule has 0 spiro atoms. The van der Waals surface area contributed by atoms with Gasteiger partial charge in [0.2, 0.25) is 5.79 Å². The molecule has 3 fully saturated rings. The summed E-state index contributed by atoms with van der Waals surface area (Å²) in [6.45, 7) is 16.7. The second-order valence-corrected chi connectivity index (χ2v) is 24.6. The fourth-order valence-electron chi connectivity index (χ4n) is 11.2. The fraction of sp³-hybridized carbons (Fsp3) is 0.741. The van der Waals surface area contributed by atoms with Crippen molar-refractivity contribution in [2.45, 2.75) is 193 Å². The van der Waals surface area contributed by atoms with Crippen LogP contribution in [0.15, 0.2) is 59.8 Å². The zero-order chi connectivity index (χ0) is 57.4. The molecule has 18 nitrogen and oxygen atoms in total. The number of carbonyl (C=O) groups excluding carboxylic acids is 5. The molecule has 1 amide bonds. The molecule has 77 heavy (non-hydrogen) atoms. The number of rotatable bonds is 13. The van der Waals surface area contributed by atoms with E-state index in [2.05, 4.69) is 19.6 Å². The van der Waals surface area contributed by atoms with Crippen molar-refractivity contribution in [2.75, 3.05) is 46.0 Å². The van der Waals surface area contributed by atoms with Crippen molar-refractivity contribution >= 4 is 39.2 Å². The van der Waals surface area contributed by atoms with Gasteiger partial charge in [-0.15, -0.1) is 0 Å². The highest BCUT2D eigenvalue weighted by atomic mass is 32.2. The third kappa shape index (κ3) is 18.8. The lowest BCUT2D eigenvalue weighted by Gasteiger charge is -2.42. The second-order valence-electron chi connectivity index (χ2n) is 22.4. The molecule has 3 heterocycles. The number of sulfone groups is 1. The molecule has 1 saturated carbocycles. The summed E-state index contributed by atoms with van der Waals surface area (Å²) in [4.78, 5) is 71.7. The molecule has 19 heteroatoms. The van der Waals surface area contributed by atoms with Crippen LogP contribution < -0.4 is 0 Å². The number of fused-ring (bicyclic) bond motifs is 3. The lowest BCUT2D eigenvalue weighted by atomic mass is 9.78. The highest BCUT2D eigenvalue weighted by molar-refractivity contribution is 7.92. The van der Waals surface area contributed by atoms with Crippen LogP contribution >= 0.6 is 0 Å². The van der Waals surface area contributed by atoms with Crippen molar-refractivity contribution in [3.63, 3.8) is 0 Å². The van der Waals surface area contributed by atoms with Crippen molar-refractivity contribution < 1.29 is 81.2 Å². The summed E-state index contributed by atoms with van der Waals surface area (Å²) in [6, 6.07) is -1.21. The normalized spacial score (nSPS) is 36.5. The van der Waals surface area contributed by atoms with E-state index in [4.69, 9.17) is 33.5 Å². The first kappa shape index (κ1) is 65.6. The summed E-state index contributed by atoms with van der Waals surface area (Å²) in [5, 5.41) is 42.4. The van der Waals surface area contributed by atoms with E-state index in [-0.39, 0.29) is 49.3 Å². The fourth-order valence-corrected chi connectivity index (χ4v) is 12.4. The molecule has 2 bridgehead atoms. The third-order valence-electron chi connectivity index (χ3n) is 16.3. The monoisotopic (exact) mass is 1110 g/mol. The Hall–Kier alpha value is -3.92. The van der Waals surface area contributed by atoms with E-state index in [1.807, 2.05) is 45.1 Å². The number of piperidine rings is 1. The van der Waals surface area contributed by atoms with Crippen LogP contribution in [0.1, 0.15) is 132 Å². The average Bonchev–Trinajstić information content (AvgIpc) is 3.39. The van der Waals surface area contributed by atoms with Gasteiger partial charge in [-0.2, -0.15) is 0 Å². The Kier molecular flexibility index (Phi) is 26.1. The SMILES string of the molecule is C=C1[C@H](C)C[C@H](C)/C=C/C=C/C=C(\C)[C@@H](OC)C[C@@H]2CC[C@@H](C)[C@@](O)(O2)C(=O)C(=O)N2CCCC[C@H]2C(=O)O[C@H]([C@H](C)C[C@@H]2CC[C@@H](OC(=O)CS(=O)(=O)CCC(O)CO)[C@H](OC)C2)CC(=O)[C@H](C)/C=C(\C)[C@@H](O)[C@H]1OC. The van der Waals surface area contributed by atoms with Gasteiger partial charge in [0.05, 0.1) is 36.8 Å². The summed E-state index contributed by atoms with van der Waals surface area (Å²) in [5.41, 5.74) is 2.07. The van der Waals surface area contributed by atoms with Gasteiger partial charge in [-0.05, 0) is 125 Å². The number of ketones is 2. The predicted octanol–water partition coefficient (Wildman–Crippen LogP) is 5.88. The Labute approximate surface area is 457 Å². The van der Waals surface area contributed by atoms with E-state index in [1.54, 1.807) is 34.0 Å². The van der Waals surface area contributed by atoms with Crippen LogP contribution in [0.3, 0.4) is 0 Å². The highest BCUT2D eigenvalue weighted by Gasteiger charge is 2.53. The number of amides is 1. The number of nitrogens with zero attached hydrogens (tertiary/aromatic N) is 1. The molecule has 0 radical (unpaired) electrons. The maximum atomic E-state index is 14.6. The van der Waals surface area contributed by atoms with Crippen molar-refractivity contribution in [1.29, 1.82) is 0 Å². The molecular formula is C58H91NO17S. The molecule has 2 saturated heterocycles. The molecule has 16 atom stereocenters. The zero-order valence-corrected chi connectivity index (χ0v) is 48.1. The topological polar surface area (TPSA) is 259 Å². The van der Waals surface area contributed by atoms with E-state index in [0.29, 0.717) is 68.9 Å². The van der Waals surface area contributed by atoms with Crippen LogP contribution in [-0.2, 0) is 62.2 Å². The molecule has 4 rings (SSSR count). The van der Waals surface area contributed by atoms with Gasteiger partial charge in [0.15, 0.2) is 9.84 Å².